The standard InChI is InChI=1S/C18H24BrF2N3O3/c1-11-5-6-13(19)23-14(11)15(25)24-10-18(20,21)8-7-12(24)9-22-16(26)27-17(2,3)4/h5-6,12H,7-10H2,1-4H3,(H,22,26)/t12-/m1/s1. The monoisotopic (exact) mass is 447 g/mol. The fourth-order valence-electron chi connectivity index (χ4n) is 2.81. The van der Waals surface area contributed by atoms with Crippen molar-refractivity contribution in [1.82, 2.24) is 15.2 Å². The van der Waals surface area contributed by atoms with Gasteiger partial charge in [0, 0.05) is 13.0 Å². The van der Waals surface area contributed by atoms with Crippen molar-refractivity contribution in [2.24, 2.45) is 0 Å². The number of carbonyl (C=O) groups is 2. The van der Waals surface area contributed by atoms with Crippen LogP contribution in [0.5, 0.6) is 0 Å². The first-order valence-corrected chi connectivity index (χ1v) is 9.46. The Morgan fingerprint density at radius 2 is 2.07 bits per heavy atom. The predicted molar refractivity (Wildman–Crippen MR) is 99.9 cm³/mol. The molecule has 9 heteroatoms. The lowest BCUT2D eigenvalue weighted by Gasteiger charge is -2.39. The molecule has 2 heterocycles. The number of hydrogen-bond donors (Lipinski definition) is 1. The molecule has 1 N–H and O–H groups in total. The largest absolute Gasteiger partial charge is 0.444 e. The van der Waals surface area contributed by atoms with Gasteiger partial charge in [-0.1, -0.05) is 6.07 Å². The Bertz CT molecular complexity index is 722. The molecule has 1 atom stereocenters. The maximum absolute atomic E-state index is 14.0. The first kappa shape index (κ1) is 21.5. The van der Waals surface area contributed by atoms with Crippen LogP contribution in [0.3, 0.4) is 0 Å². The Labute approximate surface area is 165 Å². The summed E-state index contributed by atoms with van der Waals surface area (Å²) in [7, 11) is 0. The normalized spacial score (nSPS) is 19.5. The number of nitrogens with one attached hydrogen (secondary N) is 1. The number of alkyl halides is 2. The quantitative estimate of drug-likeness (QED) is 0.712. The molecule has 1 saturated heterocycles. The fourth-order valence-corrected chi connectivity index (χ4v) is 3.12. The minimum atomic E-state index is -2.97. The Kier molecular flexibility index (Phi) is 6.44. The number of alkyl carbamates (subject to hydrolysis) is 1. The maximum atomic E-state index is 14.0. The van der Waals surface area contributed by atoms with E-state index in [-0.39, 0.29) is 25.1 Å². The van der Waals surface area contributed by atoms with Crippen molar-refractivity contribution < 1.29 is 23.1 Å². The van der Waals surface area contributed by atoms with E-state index in [1.165, 1.54) is 0 Å². The zero-order chi connectivity index (χ0) is 20.4. The molecule has 27 heavy (non-hydrogen) atoms. The van der Waals surface area contributed by atoms with E-state index in [2.05, 4.69) is 26.2 Å². The van der Waals surface area contributed by atoms with Crippen molar-refractivity contribution in [3.63, 3.8) is 0 Å². The van der Waals surface area contributed by atoms with Crippen LogP contribution >= 0.6 is 15.9 Å². The Morgan fingerprint density at radius 1 is 1.41 bits per heavy atom. The second-order valence-electron chi connectivity index (χ2n) is 7.66. The molecule has 6 nitrogen and oxygen atoms in total. The van der Waals surface area contributed by atoms with Crippen molar-refractivity contribution in [3.05, 3.63) is 28.0 Å². The number of amides is 2. The van der Waals surface area contributed by atoms with Crippen molar-refractivity contribution in [2.45, 2.75) is 58.1 Å². The zero-order valence-electron chi connectivity index (χ0n) is 15.8. The molecular formula is C18H24BrF2N3O3. The molecule has 0 saturated carbocycles. The SMILES string of the molecule is Cc1ccc(Br)nc1C(=O)N1CC(F)(F)CC[C@@H]1CNC(=O)OC(C)(C)C. The summed E-state index contributed by atoms with van der Waals surface area (Å²) in [5, 5.41) is 2.57. The summed E-state index contributed by atoms with van der Waals surface area (Å²) in [6.45, 7) is 6.20. The zero-order valence-corrected chi connectivity index (χ0v) is 17.4. The molecule has 1 aromatic heterocycles. The number of carbonyl (C=O) groups excluding carboxylic acids is 2. The summed E-state index contributed by atoms with van der Waals surface area (Å²) in [5.41, 5.74) is 0.0385. The molecule has 0 bridgehead atoms. The topological polar surface area (TPSA) is 71.5 Å². The highest BCUT2D eigenvalue weighted by Gasteiger charge is 2.43. The van der Waals surface area contributed by atoms with Crippen molar-refractivity contribution in [3.8, 4) is 0 Å². The second-order valence-corrected chi connectivity index (χ2v) is 8.48. The van der Waals surface area contributed by atoms with Gasteiger partial charge in [0.2, 0.25) is 0 Å². The summed E-state index contributed by atoms with van der Waals surface area (Å²) < 4.78 is 33.6. The third-order valence-corrected chi connectivity index (χ3v) is 4.53. The molecule has 2 rings (SSSR count). The van der Waals surface area contributed by atoms with Crippen LogP contribution < -0.4 is 5.32 Å². The van der Waals surface area contributed by atoms with Crippen LogP contribution in [-0.2, 0) is 4.74 Å². The number of halogens is 3. The Balaban J connectivity index is 2.16. The number of ether oxygens (including phenoxy) is 1. The number of aryl methyl sites for hydroxylation is 1. The highest BCUT2D eigenvalue weighted by molar-refractivity contribution is 9.10. The minimum absolute atomic E-state index is 0.0315. The fraction of sp³-hybridized carbons (Fsp3) is 0.611. The van der Waals surface area contributed by atoms with E-state index >= 15 is 0 Å². The van der Waals surface area contributed by atoms with Gasteiger partial charge in [-0.25, -0.2) is 18.6 Å². The molecule has 0 aliphatic carbocycles. The van der Waals surface area contributed by atoms with Crippen LogP contribution in [0.2, 0.25) is 0 Å². The maximum Gasteiger partial charge on any atom is 0.407 e. The van der Waals surface area contributed by atoms with Gasteiger partial charge in [-0.2, -0.15) is 0 Å². The molecule has 1 fully saturated rings. The lowest BCUT2D eigenvalue weighted by atomic mass is 9.98. The average molecular weight is 448 g/mol. The summed E-state index contributed by atoms with van der Waals surface area (Å²) in [6, 6.07) is 2.81. The van der Waals surface area contributed by atoms with Crippen LogP contribution in [-0.4, -0.2) is 52.5 Å². The minimum Gasteiger partial charge on any atom is -0.444 e. The predicted octanol–water partition coefficient (Wildman–Crippen LogP) is 3.92. The lowest BCUT2D eigenvalue weighted by Crippen LogP contribution is -2.55. The van der Waals surface area contributed by atoms with Gasteiger partial charge >= 0.3 is 6.09 Å². The summed E-state index contributed by atoms with van der Waals surface area (Å²) >= 11 is 3.20. The van der Waals surface area contributed by atoms with Gasteiger partial charge in [0.25, 0.3) is 11.8 Å². The lowest BCUT2D eigenvalue weighted by molar-refractivity contribution is -0.0718. The van der Waals surface area contributed by atoms with Gasteiger partial charge in [-0.15, -0.1) is 0 Å². The summed E-state index contributed by atoms with van der Waals surface area (Å²) in [6.07, 6.45) is -0.923. The number of likely N-dealkylation sites (tertiary alicyclic amines) is 1. The van der Waals surface area contributed by atoms with E-state index in [9.17, 15) is 18.4 Å². The van der Waals surface area contributed by atoms with Crippen molar-refractivity contribution in [1.29, 1.82) is 0 Å². The van der Waals surface area contributed by atoms with E-state index in [0.717, 1.165) is 4.90 Å². The van der Waals surface area contributed by atoms with Gasteiger partial charge in [-0.05, 0) is 61.7 Å². The highest BCUT2D eigenvalue weighted by atomic mass is 79.9. The first-order valence-electron chi connectivity index (χ1n) is 8.67. The molecule has 2 amide bonds. The number of aromatic nitrogens is 1. The van der Waals surface area contributed by atoms with E-state index in [0.29, 0.717) is 10.2 Å². The van der Waals surface area contributed by atoms with E-state index in [1.807, 2.05) is 0 Å². The molecule has 0 radical (unpaired) electrons. The first-order chi connectivity index (χ1) is 12.4. The smallest absolute Gasteiger partial charge is 0.407 e. The second kappa shape index (κ2) is 8.08. The molecule has 1 aliphatic heterocycles. The summed E-state index contributed by atoms with van der Waals surface area (Å²) in [4.78, 5) is 30.0. The van der Waals surface area contributed by atoms with Crippen LogP contribution in [0.4, 0.5) is 13.6 Å². The van der Waals surface area contributed by atoms with Gasteiger partial charge in [0.05, 0.1) is 12.6 Å². The van der Waals surface area contributed by atoms with Gasteiger partial charge in [0.1, 0.15) is 15.9 Å². The Hall–Kier alpha value is -1.77. The third-order valence-electron chi connectivity index (χ3n) is 4.09. The summed E-state index contributed by atoms with van der Waals surface area (Å²) in [5.74, 6) is -3.55. The molecule has 0 aromatic carbocycles. The van der Waals surface area contributed by atoms with Crippen LogP contribution in [0, 0.1) is 6.92 Å². The third kappa shape index (κ3) is 6.12. The number of hydrogen-bond acceptors (Lipinski definition) is 4. The molecule has 150 valence electrons. The van der Waals surface area contributed by atoms with Crippen molar-refractivity contribution >= 4 is 27.9 Å². The van der Waals surface area contributed by atoms with Crippen molar-refractivity contribution in [2.75, 3.05) is 13.1 Å². The van der Waals surface area contributed by atoms with E-state index in [1.54, 1.807) is 39.8 Å². The van der Waals surface area contributed by atoms with Gasteiger partial charge in [0.15, 0.2) is 0 Å². The van der Waals surface area contributed by atoms with Crippen LogP contribution in [0.1, 0.15) is 49.7 Å². The highest BCUT2D eigenvalue weighted by Crippen LogP contribution is 2.31. The molecule has 0 unspecified atom stereocenters. The van der Waals surface area contributed by atoms with Gasteiger partial charge in [-0.3, -0.25) is 4.79 Å². The van der Waals surface area contributed by atoms with Crippen LogP contribution in [0.15, 0.2) is 16.7 Å². The molecule has 0 spiro atoms. The van der Waals surface area contributed by atoms with Gasteiger partial charge < -0.3 is 15.0 Å². The number of piperidine rings is 1. The molecular weight excluding hydrogens is 424 g/mol. The van der Waals surface area contributed by atoms with Crippen LogP contribution in [0.25, 0.3) is 0 Å². The van der Waals surface area contributed by atoms with E-state index in [4.69, 9.17) is 4.74 Å². The number of rotatable bonds is 3. The average Bonchev–Trinajstić information content (AvgIpc) is 2.53. The number of pyridine rings is 1. The van der Waals surface area contributed by atoms with E-state index < -0.39 is 36.1 Å². The molecule has 1 aromatic rings. The molecule has 1 aliphatic rings. The number of nitrogens with zero attached hydrogens (tertiary/aromatic N) is 2. The Morgan fingerprint density at radius 3 is 2.70 bits per heavy atom.